The van der Waals surface area contributed by atoms with Crippen LogP contribution in [0.1, 0.15) is 34.3 Å². The van der Waals surface area contributed by atoms with Gasteiger partial charge in [0.25, 0.3) is 0 Å². The number of carboxylic acid groups (broad SMARTS) is 1. The van der Waals surface area contributed by atoms with Gasteiger partial charge in [-0.3, -0.25) is 4.79 Å². The first-order valence-electron chi connectivity index (χ1n) is 9.98. The Kier molecular flexibility index (Phi) is 6.82. The van der Waals surface area contributed by atoms with Crippen molar-refractivity contribution in [1.82, 2.24) is 4.57 Å². The van der Waals surface area contributed by atoms with Crippen LogP contribution in [0.3, 0.4) is 0 Å². The molecule has 0 unspecified atom stereocenters. The van der Waals surface area contributed by atoms with Gasteiger partial charge in [-0.05, 0) is 41.0 Å². The fourth-order valence-electron chi connectivity index (χ4n) is 3.81. The van der Waals surface area contributed by atoms with Gasteiger partial charge in [-0.1, -0.05) is 36.7 Å². The molecule has 3 rings (SSSR count). The van der Waals surface area contributed by atoms with Gasteiger partial charge in [0, 0.05) is 35.8 Å². The fourth-order valence-corrected chi connectivity index (χ4v) is 4.15. The zero-order chi connectivity index (χ0) is 25.4. The van der Waals surface area contributed by atoms with Crippen LogP contribution in [0.4, 0.5) is 13.2 Å². The summed E-state index contributed by atoms with van der Waals surface area (Å²) in [7, 11) is 2.61. The van der Waals surface area contributed by atoms with Crippen LogP contribution in [-0.2, 0) is 12.6 Å². The summed E-state index contributed by atoms with van der Waals surface area (Å²) in [5, 5.41) is 20.2. The maximum atomic E-state index is 14.2. The molecule has 1 aromatic heterocycles. The summed E-state index contributed by atoms with van der Waals surface area (Å²) in [5.41, 5.74) is -3.31. The van der Waals surface area contributed by atoms with E-state index in [1.54, 1.807) is 0 Å². The van der Waals surface area contributed by atoms with Crippen LogP contribution in [0.25, 0.3) is 11.1 Å². The first-order chi connectivity index (χ1) is 15.8. The van der Waals surface area contributed by atoms with Crippen molar-refractivity contribution in [3.63, 3.8) is 0 Å². The molecule has 0 saturated heterocycles. The largest absolute Gasteiger partial charge is 0.496 e. The molecule has 34 heavy (non-hydrogen) atoms. The summed E-state index contributed by atoms with van der Waals surface area (Å²) in [6.07, 6.45) is -4.13. The molecule has 10 heteroatoms. The van der Waals surface area contributed by atoms with E-state index >= 15 is 0 Å². The Balaban J connectivity index is 2.08. The van der Waals surface area contributed by atoms with E-state index in [1.807, 2.05) is 0 Å². The monoisotopic (exact) mass is 495 g/mol. The number of alkyl halides is 3. The number of aliphatic hydroxyl groups is 1. The Morgan fingerprint density at radius 1 is 1.09 bits per heavy atom. The molecule has 0 aliphatic rings. The van der Waals surface area contributed by atoms with E-state index in [2.05, 4.69) is 0 Å². The van der Waals surface area contributed by atoms with Gasteiger partial charge in [0.1, 0.15) is 11.3 Å². The second-order valence-electron chi connectivity index (χ2n) is 7.81. The minimum Gasteiger partial charge on any atom is -0.496 e. The van der Waals surface area contributed by atoms with Gasteiger partial charge in [-0.25, -0.2) is 4.79 Å². The summed E-state index contributed by atoms with van der Waals surface area (Å²) in [4.78, 5) is 23.0. The van der Waals surface area contributed by atoms with Crippen LogP contribution in [0.5, 0.6) is 5.75 Å². The fraction of sp³-hybridized carbons (Fsp3) is 0.250. The van der Waals surface area contributed by atoms with Crippen molar-refractivity contribution in [2.45, 2.75) is 24.6 Å². The molecule has 2 N–H and O–H groups in total. The Morgan fingerprint density at radius 2 is 1.71 bits per heavy atom. The average Bonchev–Trinajstić information content (AvgIpc) is 2.78. The molecule has 2 aromatic carbocycles. The van der Waals surface area contributed by atoms with Gasteiger partial charge in [0.15, 0.2) is 5.60 Å². The number of halogens is 4. The number of aromatic nitrogens is 1. The lowest BCUT2D eigenvalue weighted by Crippen LogP contribution is -2.47. The topological polar surface area (TPSA) is 88.8 Å². The van der Waals surface area contributed by atoms with Crippen LogP contribution in [0, 0.1) is 0 Å². The van der Waals surface area contributed by atoms with Crippen molar-refractivity contribution in [2.24, 2.45) is 7.05 Å². The number of ether oxygens (including phenoxy) is 1. The number of nitrogens with zero attached hydrogens (tertiary/aromatic N) is 1. The molecule has 0 spiro atoms. The predicted octanol–water partition coefficient (Wildman–Crippen LogP) is 4.97. The second kappa shape index (κ2) is 9.15. The quantitative estimate of drug-likeness (QED) is 0.504. The SMILES string of the molecule is COc1cc(-c2ccc([C@H](C)[C@](O)(c3ccc(=O)n(C)c3)C(F)(F)F)c(Cl)c2)ccc1C(=O)O. The number of hydrogen-bond acceptors (Lipinski definition) is 4. The molecule has 6 nitrogen and oxygen atoms in total. The summed E-state index contributed by atoms with van der Waals surface area (Å²) in [6.45, 7) is 1.20. The molecule has 0 aliphatic heterocycles. The zero-order valence-corrected chi connectivity index (χ0v) is 19.1. The Morgan fingerprint density at radius 3 is 2.24 bits per heavy atom. The van der Waals surface area contributed by atoms with E-state index in [0.717, 1.165) is 22.9 Å². The van der Waals surface area contributed by atoms with Crippen LogP contribution in [0.2, 0.25) is 5.02 Å². The smallest absolute Gasteiger partial charge is 0.422 e. The number of carbonyl (C=O) groups is 1. The van der Waals surface area contributed by atoms with Crippen LogP contribution in [-0.4, -0.2) is 34.0 Å². The Hall–Kier alpha value is -3.30. The van der Waals surface area contributed by atoms with E-state index in [-0.39, 0.29) is 21.9 Å². The summed E-state index contributed by atoms with van der Waals surface area (Å²) in [6, 6.07) is 10.6. The predicted molar refractivity (Wildman–Crippen MR) is 120 cm³/mol. The molecule has 0 radical (unpaired) electrons. The number of aromatic carboxylic acids is 1. The summed E-state index contributed by atoms with van der Waals surface area (Å²) >= 11 is 6.37. The maximum absolute atomic E-state index is 14.2. The number of carboxylic acids is 1. The number of aryl methyl sites for hydroxylation is 1. The van der Waals surface area contributed by atoms with Gasteiger partial charge >= 0.3 is 12.1 Å². The van der Waals surface area contributed by atoms with E-state index < -0.39 is 34.8 Å². The molecule has 0 amide bonds. The van der Waals surface area contributed by atoms with Crippen LogP contribution >= 0.6 is 11.6 Å². The van der Waals surface area contributed by atoms with Gasteiger partial charge in [0.2, 0.25) is 5.56 Å². The van der Waals surface area contributed by atoms with Gasteiger partial charge in [0.05, 0.1) is 7.11 Å². The standard InChI is InChI=1S/C24H21ClF3NO5/c1-13(23(33,24(26,27)28)16-6-9-21(30)29(2)12-16)17-7-4-14(10-19(17)25)15-5-8-18(22(31)32)20(11-15)34-3/h4-13,33H,1-3H3,(H,31,32)/t13-,23-/m0/s1. The molecule has 1 heterocycles. The average molecular weight is 496 g/mol. The molecule has 0 aliphatic carbocycles. The molecule has 2 atom stereocenters. The van der Waals surface area contributed by atoms with E-state index in [1.165, 1.54) is 57.5 Å². The molecular formula is C24H21ClF3NO5. The first-order valence-corrected chi connectivity index (χ1v) is 10.4. The van der Waals surface area contributed by atoms with Gasteiger partial charge in [-0.15, -0.1) is 0 Å². The number of benzene rings is 2. The summed E-state index contributed by atoms with van der Waals surface area (Å²) in [5.74, 6) is -2.59. The molecule has 3 aromatic rings. The molecule has 180 valence electrons. The number of rotatable bonds is 6. The van der Waals surface area contributed by atoms with E-state index in [9.17, 15) is 33.0 Å². The Labute approximate surface area is 197 Å². The van der Waals surface area contributed by atoms with Gasteiger partial charge in [-0.2, -0.15) is 13.2 Å². The van der Waals surface area contributed by atoms with E-state index in [0.29, 0.717) is 11.1 Å². The molecule has 0 bridgehead atoms. The highest BCUT2D eigenvalue weighted by molar-refractivity contribution is 6.31. The zero-order valence-electron chi connectivity index (χ0n) is 18.4. The van der Waals surface area contributed by atoms with Crippen molar-refractivity contribution in [1.29, 1.82) is 0 Å². The highest BCUT2D eigenvalue weighted by atomic mass is 35.5. The van der Waals surface area contributed by atoms with Crippen LogP contribution < -0.4 is 10.3 Å². The highest BCUT2D eigenvalue weighted by Crippen LogP contribution is 2.49. The van der Waals surface area contributed by atoms with Crippen molar-refractivity contribution < 1.29 is 32.9 Å². The van der Waals surface area contributed by atoms with Crippen molar-refractivity contribution in [2.75, 3.05) is 7.11 Å². The number of hydrogen-bond donors (Lipinski definition) is 2. The van der Waals surface area contributed by atoms with E-state index in [4.69, 9.17) is 16.3 Å². The number of pyridine rings is 1. The van der Waals surface area contributed by atoms with Crippen LogP contribution in [0.15, 0.2) is 59.5 Å². The third-order valence-electron chi connectivity index (χ3n) is 5.82. The highest BCUT2D eigenvalue weighted by Gasteiger charge is 2.59. The third-order valence-corrected chi connectivity index (χ3v) is 6.14. The molecule has 0 fully saturated rings. The lowest BCUT2D eigenvalue weighted by Gasteiger charge is -2.37. The maximum Gasteiger partial charge on any atom is 0.422 e. The molecular weight excluding hydrogens is 475 g/mol. The Bertz CT molecular complexity index is 1300. The van der Waals surface area contributed by atoms with Gasteiger partial charge < -0.3 is 19.5 Å². The normalized spacial score (nSPS) is 14.4. The first kappa shape index (κ1) is 25.3. The minimum absolute atomic E-state index is 0.0289. The third kappa shape index (κ3) is 4.41. The lowest BCUT2D eigenvalue weighted by molar-refractivity contribution is -0.274. The van der Waals surface area contributed by atoms with Crippen molar-refractivity contribution >= 4 is 17.6 Å². The lowest BCUT2D eigenvalue weighted by atomic mass is 9.78. The van der Waals surface area contributed by atoms with Crippen molar-refractivity contribution in [3.05, 3.63) is 86.8 Å². The molecule has 0 saturated carbocycles. The summed E-state index contributed by atoms with van der Waals surface area (Å²) < 4.78 is 48.6. The minimum atomic E-state index is -5.08. The van der Waals surface area contributed by atoms with Crippen molar-refractivity contribution in [3.8, 4) is 16.9 Å². The second-order valence-corrected chi connectivity index (χ2v) is 8.22. The number of methoxy groups -OCH3 is 1.